The number of amides is 1. The minimum absolute atomic E-state index is 0. The maximum atomic E-state index is 12.0. The molecule has 18 heavy (non-hydrogen) atoms. The van der Waals surface area contributed by atoms with E-state index < -0.39 is 0 Å². The molecule has 0 radical (unpaired) electrons. The van der Waals surface area contributed by atoms with Crippen LogP contribution in [0, 0.1) is 5.92 Å². The van der Waals surface area contributed by atoms with Gasteiger partial charge in [0.1, 0.15) is 0 Å². The molecule has 102 valence electrons. The van der Waals surface area contributed by atoms with Gasteiger partial charge in [-0.3, -0.25) is 4.79 Å². The van der Waals surface area contributed by atoms with Gasteiger partial charge in [-0.05, 0) is 24.5 Å². The molecule has 0 spiro atoms. The lowest BCUT2D eigenvalue weighted by molar-refractivity contribution is 0.0934. The Bertz CT molecular complexity index is 383. The molecule has 1 aromatic carbocycles. The summed E-state index contributed by atoms with van der Waals surface area (Å²) in [5, 5.41) is 3.37. The smallest absolute Gasteiger partial charge is 0.253 e. The van der Waals surface area contributed by atoms with Gasteiger partial charge >= 0.3 is 0 Å². The number of benzene rings is 1. The van der Waals surface area contributed by atoms with Crippen molar-refractivity contribution in [2.24, 2.45) is 11.7 Å². The van der Waals surface area contributed by atoms with E-state index in [-0.39, 0.29) is 24.4 Å². The van der Waals surface area contributed by atoms with E-state index >= 15 is 0 Å². The lowest BCUT2D eigenvalue weighted by atomic mass is 10.0. The maximum absolute atomic E-state index is 12.0. The third kappa shape index (κ3) is 5.25. The van der Waals surface area contributed by atoms with Gasteiger partial charge in [-0.1, -0.05) is 37.6 Å². The van der Waals surface area contributed by atoms with E-state index in [2.05, 4.69) is 19.2 Å². The Balaban J connectivity index is 0.00000289. The number of nitrogens with one attached hydrogen (secondary N) is 1. The Morgan fingerprint density at radius 3 is 2.50 bits per heavy atom. The summed E-state index contributed by atoms with van der Waals surface area (Å²) in [4.78, 5) is 12.0. The van der Waals surface area contributed by atoms with Crippen LogP contribution in [0.1, 0.15) is 30.6 Å². The van der Waals surface area contributed by atoms with Crippen molar-refractivity contribution in [3.63, 3.8) is 0 Å². The fraction of sp³-hybridized carbons (Fsp3) is 0.462. The zero-order chi connectivity index (χ0) is 12.8. The summed E-state index contributed by atoms with van der Waals surface area (Å²) in [6.45, 7) is 4.64. The normalized spacial score (nSPS) is 11.8. The zero-order valence-electron chi connectivity index (χ0n) is 10.7. The van der Waals surface area contributed by atoms with Crippen LogP contribution < -0.4 is 11.1 Å². The van der Waals surface area contributed by atoms with Crippen LogP contribution in [0.25, 0.3) is 0 Å². The van der Waals surface area contributed by atoms with Crippen molar-refractivity contribution in [3.8, 4) is 0 Å². The number of hydrogen-bond donors (Lipinski definition) is 2. The third-order valence-corrected chi connectivity index (χ3v) is 2.82. The monoisotopic (exact) mass is 290 g/mol. The summed E-state index contributed by atoms with van der Waals surface area (Å²) < 4.78 is 0. The Morgan fingerprint density at radius 2 is 2.00 bits per heavy atom. The lowest BCUT2D eigenvalue weighted by Crippen LogP contribution is -2.41. The van der Waals surface area contributed by atoms with E-state index in [1.807, 2.05) is 0 Å². The minimum Gasteiger partial charge on any atom is -0.348 e. The number of hydrogen-bond acceptors (Lipinski definition) is 2. The second-order valence-electron chi connectivity index (χ2n) is 4.52. The SMILES string of the molecule is CC(C)CC(CN)NC(=O)c1ccccc1Cl.Cl. The molecule has 3 nitrogen and oxygen atoms in total. The van der Waals surface area contributed by atoms with Crippen LogP contribution in [0.15, 0.2) is 24.3 Å². The first kappa shape index (κ1) is 17.2. The fourth-order valence-corrected chi connectivity index (χ4v) is 1.91. The zero-order valence-corrected chi connectivity index (χ0v) is 12.2. The van der Waals surface area contributed by atoms with Gasteiger partial charge in [-0.2, -0.15) is 0 Å². The molecule has 1 unspecified atom stereocenters. The van der Waals surface area contributed by atoms with Gasteiger partial charge in [-0.25, -0.2) is 0 Å². The van der Waals surface area contributed by atoms with Crippen molar-refractivity contribution >= 4 is 29.9 Å². The number of halogens is 2. The summed E-state index contributed by atoms with van der Waals surface area (Å²) in [6, 6.07) is 7.00. The molecule has 1 aromatic rings. The van der Waals surface area contributed by atoms with Gasteiger partial charge < -0.3 is 11.1 Å². The molecule has 0 bridgehead atoms. The van der Waals surface area contributed by atoms with E-state index in [9.17, 15) is 4.79 Å². The number of carbonyl (C=O) groups is 1. The highest BCUT2D eigenvalue weighted by atomic mass is 35.5. The standard InChI is InChI=1S/C13H19ClN2O.ClH/c1-9(2)7-10(8-15)16-13(17)11-5-3-4-6-12(11)14;/h3-6,9-10H,7-8,15H2,1-2H3,(H,16,17);1H. The van der Waals surface area contributed by atoms with E-state index in [1.54, 1.807) is 24.3 Å². The van der Waals surface area contributed by atoms with Gasteiger partial charge in [0.05, 0.1) is 10.6 Å². The highest BCUT2D eigenvalue weighted by Gasteiger charge is 2.15. The first-order valence-corrected chi connectivity index (χ1v) is 6.17. The minimum atomic E-state index is -0.160. The van der Waals surface area contributed by atoms with Crippen molar-refractivity contribution in [3.05, 3.63) is 34.9 Å². The highest BCUT2D eigenvalue weighted by Crippen LogP contribution is 2.15. The van der Waals surface area contributed by atoms with Gasteiger partial charge in [0.2, 0.25) is 0 Å². The third-order valence-electron chi connectivity index (χ3n) is 2.49. The van der Waals surface area contributed by atoms with Gasteiger partial charge in [-0.15, -0.1) is 12.4 Å². The van der Waals surface area contributed by atoms with E-state index in [0.717, 1.165) is 6.42 Å². The Morgan fingerprint density at radius 1 is 1.39 bits per heavy atom. The van der Waals surface area contributed by atoms with Gasteiger partial charge in [0.25, 0.3) is 5.91 Å². The molecule has 0 aromatic heterocycles. The van der Waals surface area contributed by atoms with Crippen molar-refractivity contribution in [2.75, 3.05) is 6.54 Å². The molecular formula is C13H20Cl2N2O. The van der Waals surface area contributed by atoms with Gasteiger partial charge in [0.15, 0.2) is 0 Å². The second kappa shape index (κ2) is 8.35. The average molecular weight is 291 g/mol. The molecule has 0 fully saturated rings. The first-order valence-electron chi connectivity index (χ1n) is 5.80. The molecule has 1 atom stereocenters. The highest BCUT2D eigenvalue weighted by molar-refractivity contribution is 6.33. The summed E-state index contributed by atoms with van der Waals surface area (Å²) in [6.07, 6.45) is 0.868. The number of carbonyl (C=O) groups excluding carboxylic acids is 1. The Hall–Kier alpha value is -0.770. The maximum Gasteiger partial charge on any atom is 0.253 e. The van der Waals surface area contributed by atoms with Crippen molar-refractivity contribution in [1.29, 1.82) is 0 Å². The Kier molecular flexibility index (Phi) is 8.00. The largest absolute Gasteiger partial charge is 0.348 e. The quantitative estimate of drug-likeness (QED) is 0.876. The van der Waals surface area contributed by atoms with Crippen LogP contribution in [0.5, 0.6) is 0 Å². The summed E-state index contributed by atoms with van der Waals surface area (Å²) in [7, 11) is 0. The first-order chi connectivity index (χ1) is 8.04. The van der Waals surface area contributed by atoms with Crippen LogP contribution in [0.4, 0.5) is 0 Å². The molecule has 3 N–H and O–H groups in total. The predicted molar refractivity (Wildman–Crippen MR) is 78.5 cm³/mol. The van der Waals surface area contributed by atoms with Crippen LogP contribution in [-0.2, 0) is 0 Å². The number of nitrogens with two attached hydrogens (primary N) is 1. The molecule has 0 saturated heterocycles. The van der Waals surface area contributed by atoms with Crippen molar-refractivity contribution < 1.29 is 4.79 Å². The molecule has 0 heterocycles. The van der Waals surface area contributed by atoms with Crippen LogP contribution in [0.2, 0.25) is 5.02 Å². The van der Waals surface area contributed by atoms with Crippen LogP contribution in [-0.4, -0.2) is 18.5 Å². The summed E-state index contributed by atoms with van der Waals surface area (Å²) >= 11 is 5.96. The fourth-order valence-electron chi connectivity index (χ4n) is 1.69. The van der Waals surface area contributed by atoms with Crippen LogP contribution >= 0.6 is 24.0 Å². The molecule has 0 aliphatic carbocycles. The predicted octanol–water partition coefficient (Wildman–Crippen LogP) is 2.87. The molecule has 5 heteroatoms. The molecule has 0 saturated carbocycles. The van der Waals surface area contributed by atoms with Crippen molar-refractivity contribution in [2.45, 2.75) is 26.3 Å². The van der Waals surface area contributed by atoms with Gasteiger partial charge in [0, 0.05) is 12.6 Å². The van der Waals surface area contributed by atoms with E-state index in [1.165, 1.54) is 0 Å². The lowest BCUT2D eigenvalue weighted by Gasteiger charge is -2.19. The van der Waals surface area contributed by atoms with E-state index in [0.29, 0.717) is 23.0 Å². The molecular weight excluding hydrogens is 271 g/mol. The second-order valence-corrected chi connectivity index (χ2v) is 4.92. The van der Waals surface area contributed by atoms with Crippen molar-refractivity contribution in [1.82, 2.24) is 5.32 Å². The van der Waals surface area contributed by atoms with Crippen LogP contribution in [0.3, 0.4) is 0 Å². The summed E-state index contributed by atoms with van der Waals surface area (Å²) in [5.41, 5.74) is 6.13. The topological polar surface area (TPSA) is 55.1 Å². The number of rotatable bonds is 5. The summed E-state index contributed by atoms with van der Waals surface area (Å²) in [5.74, 6) is 0.335. The molecule has 0 aliphatic rings. The van der Waals surface area contributed by atoms with E-state index in [4.69, 9.17) is 17.3 Å². The molecule has 0 aliphatic heterocycles. The average Bonchev–Trinajstić information content (AvgIpc) is 2.27. The molecule has 1 rings (SSSR count). The Labute approximate surface area is 119 Å². The molecule has 1 amide bonds.